The van der Waals surface area contributed by atoms with Crippen LogP contribution in [-0.2, 0) is 39.0 Å². The number of hydrogen-bond donors (Lipinski definition) is 0. The van der Waals surface area contributed by atoms with Gasteiger partial charge in [-0.1, -0.05) is 56.3 Å². The van der Waals surface area contributed by atoms with Crippen molar-refractivity contribution >= 4 is 31.8 Å². The van der Waals surface area contributed by atoms with E-state index in [1.165, 1.54) is 18.2 Å². The summed E-state index contributed by atoms with van der Waals surface area (Å²) in [4.78, 5) is 10.8. The SMILES string of the molecule is CCOP(=O)(OCC)C(O[P@@]1(=S)OCC(C)(C)[C@H](c2ccccc2)O1)c1cccc([N+](=O)[O-])c1. The lowest BCUT2D eigenvalue weighted by atomic mass is 9.83. The molecule has 0 aromatic heterocycles. The number of nitro benzene ring substituents is 1. The van der Waals surface area contributed by atoms with Gasteiger partial charge in [0.25, 0.3) is 5.69 Å². The Bertz CT molecular complexity index is 1090. The van der Waals surface area contributed by atoms with Crippen molar-refractivity contribution in [2.75, 3.05) is 19.8 Å². The van der Waals surface area contributed by atoms with Crippen LogP contribution in [0.25, 0.3) is 0 Å². The number of rotatable bonds is 10. The van der Waals surface area contributed by atoms with Crippen LogP contribution in [0.2, 0.25) is 0 Å². The second-order valence-corrected chi connectivity index (χ2v) is 13.3. The van der Waals surface area contributed by atoms with Gasteiger partial charge in [-0.3, -0.25) is 23.7 Å². The predicted molar refractivity (Wildman–Crippen MR) is 132 cm³/mol. The van der Waals surface area contributed by atoms with E-state index in [1.54, 1.807) is 19.9 Å². The molecule has 1 heterocycles. The summed E-state index contributed by atoms with van der Waals surface area (Å²) in [5.74, 6) is -1.38. The standard InChI is InChI=1S/C22H29NO8P2S/c1-5-27-32(26,28-6-2)21(18-13-10-14-19(15-18)23(24)25)31-33(34)29-16-22(3,4)20(30-33)17-11-8-7-9-12-17/h7-15,20-21H,5-6,16H2,1-4H3/t20-,21?,33+/m0/s1. The Balaban J connectivity index is 2.03. The molecule has 3 atom stereocenters. The zero-order valence-electron chi connectivity index (χ0n) is 19.5. The maximum absolute atomic E-state index is 13.8. The number of benzene rings is 2. The maximum Gasteiger partial charge on any atom is 0.364 e. The van der Waals surface area contributed by atoms with E-state index < -0.39 is 36.6 Å². The van der Waals surface area contributed by atoms with Crippen LogP contribution in [0.4, 0.5) is 5.69 Å². The minimum atomic E-state index is -3.98. The van der Waals surface area contributed by atoms with Crippen LogP contribution in [-0.4, -0.2) is 24.7 Å². The molecule has 9 nitrogen and oxygen atoms in total. The van der Waals surface area contributed by atoms with E-state index in [0.717, 1.165) is 5.56 Å². The number of nitrogens with zero attached hydrogens (tertiary/aromatic N) is 1. The summed E-state index contributed by atoms with van der Waals surface area (Å²) in [6.45, 7) is 4.19. The fourth-order valence-electron chi connectivity index (χ4n) is 3.57. The van der Waals surface area contributed by atoms with E-state index in [9.17, 15) is 14.7 Å². The van der Waals surface area contributed by atoms with Crippen molar-refractivity contribution in [1.82, 2.24) is 0 Å². The third-order valence-corrected chi connectivity index (χ3v) is 9.74. The van der Waals surface area contributed by atoms with E-state index in [2.05, 4.69) is 0 Å². The largest absolute Gasteiger partial charge is 0.364 e. The zero-order chi connectivity index (χ0) is 25.0. The van der Waals surface area contributed by atoms with Crippen molar-refractivity contribution < 1.29 is 32.1 Å². The Hall–Kier alpha value is -1.48. The molecule has 3 rings (SSSR count). The van der Waals surface area contributed by atoms with E-state index in [4.69, 9.17) is 34.4 Å². The molecule has 1 saturated heterocycles. The third-order valence-electron chi connectivity index (χ3n) is 5.14. The monoisotopic (exact) mass is 529 g/mol. The van der Waals surface area contributed by atoms with Gasteiger partial charge in [-0.05, 0) is 31.2 Å². The first-order valence-electron chi connectivity index (χ1n) is 10.8. The quantitative estimate of drug-likeness (QED) is 0.184. The number of hydrogen-bond acceptors (Lipinski definition) is 9. The molecule has 2 aromatic carbocycles. The minimum absolute atomic E-state index is 0.0658. The van der Waals surface area contributed by atoms with Crippen molar-refractivity contribution in [2.24, 2.45) is 5.41 Å². The Morgan fingerprint density at radius 1 is 1.18 bits per heavy atom. The normalized spacial score (nSPS) is 23.4. The molecule has 1 aliphatic heterocycles. The topological polar surface area (TPSA) is 106 Å². The fourth-order valence-corrected chi connectivity index (χ4v) is 8.55. The molecule has 0 aliphatic carbocycles. The molecule has 1 unspecified atom stereocenters. The van der Waals surface area contributed by atoms with Gasteiger partial charge in [0, 0.05) is 23.1 Å². The molecule has 186 valence electrons. The maximum atomic E-state index is 13.8. The Morgan fingerprint density at radius 3 is 2.41 bits per heavy atom. The van der Waals surface area contributed by atoms with Gasteiger partial charge in [0.2, 0.25) is 0 Å². The van der Waals surface area contributed by atoms with Crippen molar-refractivity contribution in [3.63, 3.8) is 0 Å². The lowest BCUT2D eigenvalue weighted by molar-refractivity contribution is -0.384. The zero-order valence-corrected chi connectivity index (χ0v) is 22.1. The first-order chi connectivity index (χ1) is 16.0. The van der Waals surface area contributed by atoms with E-state index >= 15 is 0 Å². The Labute approximate surface area is 204 Å². The Morgan fingerprint density at radius 2 is 1.82 bits per heavy atom. The molecule has 0 radical (unpaired) electrons. The van der Waals surface area contributed by atoms with Crippen molar-refractivity contribution in [3.05, 3.63) is 75.8 Å². The van der Waals surface area contributed by atoms with Crippen LogP contribution in [0.5, 0.6) is 0 Å². The van der Waals surface area contributed by atoms with Gasteiger partial charge < -0.3 is 13.6 Å². The first kappa shape index (κ1) is 27.1. The van der Waals surface area contributed by atoms with Crippen LogP contribution >= 0.6 is 14.3 Å². The number of nitro groups is 1. The molecule has 34 heavy (non-hydrogen) atoms. The van der Waals surface area contributed by atoms with E-state index in [-0.39, 0.29) is 31.1 Å². The van der Waals surface area contributed by atoms with E-state index in [1.807, 2.05) is 44.2 Å². The summed E-state index contributed by atoms with van der Waals surface area (Å²) in [7, 11) is -3.98. The van der Waals surface area contributed by atoms with Crippen molar-refractivity contribution in [3.8, 4) is 0 Å². The van der Waals surface area contributed by atoms with Gasteiger partial charge in [-0.2, -0.15) is 0 Å². The van der Waals surface area contributed by atoms with Crippen LogP contribution in [0.15, 0.2) is 54.6 Å². The Kier molecular flexibility index (Phi) is 8.82. The molecule has 1 aliphatic rings. The molecular formula is C22H29NO8P2S. The van der Waals surface area contributed by atoms with E-state index in [0.29, 0.717) is 0 Å². The van der Waals surface area contributed by atoms with Gasteiger partial charge in [-0.25, -0.2) is 0 Å². The second kappa shape index (κ2) is 11.1. The average molecular weight is 529 g/mol. The summed E-state index contributed by atoms with van der Waals surface area (Å²) in [5.41, 5.74) is 0.504. The number of non-ortho nitro benzene ring substituents is 1. The molecule has 12 heteroatoms. The highest BCUT2D eigenvalue weighted by Gasteiger charge is 2.48. The second-order valence-electron chi connectivity index (χ2n) is 8.29. The smallest absolute Gasteiger partial charge is 0.308 e. The summed E-state index contributed by atoms with van der Waals surface area (Å²) < 4.78 is 43.2. The summed E-state index contributed by atoms with van der Waals surface area (Å²) in [6.07, 6.45) is -0.447. The third kappa shape index (κ3) is 6.20. The molecule has 0 amide bonds. The molecule has 0 saturated carbocycles. The lowest BCUT2D eigenvalue weighted by Gasteiger charge is -2.43. The molecule has 0 N–H and O–H groups in total. The molecular weight excluding hydrogens is 500 g/mol. The molecule has 0 spiro atoms. The predicted octanol–water partition coefficient (Wildman–Crippen LogP) is 6.91. The van der Waals surface area contributed by atoms with Crippen molar-refractivity contribution in [2.45, 2.75) is 39.6 Å². The van der Waals surface area contributed by atoms with Gasteiger partial charge >= 0.3 is 14.3 Å². The average Bonchev–Trinajstić information content (AvgIpc) is 2.80. The van der Waals surface area contributed by atoms with Crippen LogP contribution < -0.4 is 0 Å². The molecule has 2 aromatic rings. The van der Waals surface area contributed by atoms with Crippen LogP contribution in [0.1, 0.15) is 50.8 Å². The van der Waals surface area contributed by atoms with Gasteiger partial charge in [0.1, 0.15) is 0 Å². The lowest BCUT2D eigenvalue weighted by Crippen LogP contribution is -2.33. The van der Waals surface area contributed by atoms with Crippen molar-refractivity contribution in [1.29, 1.82) is 0 Å². The molecule has 1 fully saturated rings. The summed E-state index contributed by atoms with van der Waals surface area (Å²) >= 11 is 5.71. The first-order valence-corrected chi connectivity index (χ1v) is 15.0. The van der Waals surface area contributed by atoms with Gasteiger partial charge in [0.05, 0.1) is 30.8 Å². The highest BCUT2D eigenvalue weighted by Crippen LogP contribution is 2.71. The van der Waals surface area contributed by atoms with Gasteiger partial charge in [-0.15, -0.1) is 0 Å². The molecule has 0 bridgehead atoms. The van der Waals surface area contributed by atoms with Crippen LogP contribution in [0, 0.1) is 15.5 Å². The van der Waals surface area contributed by atoms with Crippen LogP contribution in [0.3, 0.4) is 0 Å². The minimum Gasteiger partial charge on any atom is -0.308 e. The summed E-state index contributed by atoms with van der Waals surface area (Å²) in [5, 5.41) is 11.4. The highest BCUT2D eigenvalue weighted by molar-refractivity contribution is 8.07. The highest BCUT2D eigenvalue weighted by atomic mass is 32.5. The summed E-state index contributed by atoms with van der Waals surface area (Å²) in [6, 6.07) is 15.2. The fraction of sp³-hybridized carbons (Fsp3) is 0.455. The van der Waals surface area contributed by atoms with Gasteiger partial charge in [0.15, 0.2) is 5.85 Å².